The number of benzene rings is 1. The Balaban J connectivity index is 2.60. The van der Waals surface area contributed by atoms with Gasteiger partial charge < -0.3 is 20.5 Å². The fourth-order valence-electron chi connectivity index (χ4n) is 1.58. The van der Waals surface area contributed by atoms with Gasteiger partial charge in [0, 0.05) is 0 Å². The van der Waals surface area contributed by atoms with E-state index >= 15 is 0 Å². The molecule has 0 aromatic heterocycles. The first-order valence-electron chi connectivity index (χ1n) is 6.56. The molecule has 0 aliphatic heterocycles. The molecule has 5 nitrogen and oxygen atoms in total. The van der Waals surface area contributed by atoms with E-state index in [1.807, 2.05) is 38.1 Å². The molecule has 0 aliphatic carbocycles. The molecule has 0 bridgehead atoms. The highest BCUT2D eigenvalue weighted by Gasteiger charge is 2.16. The van der Waals surface area contributed by atoms with Crippen LogP contribution in [0.15, 0.2) is 24.3 Å². The van der Waals surface area contributed by atoms with E-state index in [0.717, 1.165) is 13.0 Å². The van der Waals surface area contributed by atoms with Gasteiger partial charge in [-0.1, -0.05) is 19.1 Å². The molecule has 1 aromatic rings. The van der Waals surface area contributed by atoms with E-state index < -0.39 is 11.9 Å². The van der Waals surface area contributed by atoms with E-state index in [4.69, 9.17) is 15.2 Å². The van der Waals surface area contributed by atoms with E-state index in [1.165, 1.54) is 0 Å². The molecule has 0 radical (unpaired) electrons. The van der Waals surface area contributed by atoms with E-state index in [2.05, 4.69) is 5.32 Å². The number of amides is 1. The third-order valence-electron chi connectivity index (χ3n) is 2.54. The standard InChI is InChI=1S/C14H22N2O3/c1-3-9-16-11(14(15)17)10-19-13-8-6-5-7-12(13)18-4-2/h5-8,11,16H,3-4,9-10H2,1-2H3,(H2,15,17). The van der Waals surface area contributed by atoms with Gasteiger partial charge in [0.05, 0.1) is 6.61 Å². The summed E-state index contributed by atoms with van der Waals surface area (Å²) in [5.41, 5.74) is 5.33. The number of para-hydroxylation sites is 2. The maximum Gasteiger partial charge on any atom is 0.238 e. The summed E-state index contributed by atoms with van der Waals surface area (Å²) in [6, 6.07) is 6.88. The summed E-state index contributed by atoms with van der Waals surface area (Å²) < 4.78 is 11.1. The molecular formula is C14H22N2O3. The van der Waals surface area contributed by atoms with E-state index in [-0.39, 0.29) is 6.61 Å². The van der Waals surface area contributed by atoms with Crippen molar-refractivity contribution in [2.75, 3.05) is 19.8 Å². The molecule has 0 fully saturated rings. The Morgan fingerprint density at radius 2 is 1.89 bits per heavy atom. The van der Waals surface area contributed by atoms with Crippen molar-refractivity contribution in [3.63, 3.8) is 0 Å². The Kier molecular flexibility index (Phi) is 6.74. The van der Waals surface area contributed by atoms with Crippen LogP contribution in [0.5, 0.6) is 11.5 Å². The minimum absolute atomic E-state index is 0.194. The number of ether oxygens (including phenoxy) is 2. The lowest BCUT2D eigenvalue weighted by molar-refractivity contribution is -0.120. The summed E-state index contributed by atoms with van der Waals surface area (Å²) in [5, 5.41) is 3.05. The molecule has 0 heterocycles. The third kappa shape index (κ3) is 5.18. The van der Waals surface area contributed by atoms with Crippen LogP contribution >= 0.6 is 0 Å². The van der Waals surface area contributed by atoms with Gasteiger partial charge in [-0.25, -0.2) is 0 Å². The highest BCUT2D eigenvalue weighted by Crippen LogP contribution is 2.26. The largest absolute Gasteiger partial charge is 0.490 e. The molecule has 0 spiro atoms. The normalized spacial score (nSPS) is 11.9. The first kappa shape index (κ1) is 15.3. The van der Waals surface area contributed by atoms with Gasteiger partial charge >= 0.3 is 0 Å². The third-order valence-corrected chi connectivity index (χ3v) is 2.54. The smallest absolute Gasteiger partial charge is 0.238 e. The van der Waals surface area contributed by atoms with Crippen LogP contribution in [0.4, 0.5) is 0 Å². The molecule has 1 atom stereocenters. The zero-order valence-corrected chi connectivity index (χ0v) is 11.5. The molecular weight excluding hydrogens is 244 g/mol. The second kappa shape index (κ2) is 8.37. The number of carbonyl (C=O) groups excluding carboxylic acids is 1. The van der Waals surface area contributed by atoms with Crippen molar-refractivity contribution in [3.05, 3.63) is 24.3 Å². The molecule has 3 N–H and O–H groups in total. The second-order valence-corrected chi connectivity index (χ2v) is 4.10. The predicted octanol–water partition coefficient (Wildman–Crippen LogP) is 1.32. The van der Waals surface area contributed by atoms with Crippen LogP contribution < -0.4 is 20.5 Å². The molecule has 5 heteroatoms. The van der Waals surface area contributed by atoms with Crippen molar-refractivity contribution in [2.24, 2.45) is 5.73 Å². The van der Waals surface area contributed by atoms with Crippen molar-refractivity contribution in [2.45, 2.75) is 26.3 Å². The van der Waals surface area contributed by atoms with Crippen molar-refractivity contribution >= 4 is 5.91 Å². The van der Waals surface area contributed by atoms with Crippen LogP contribution in [0.25, 0.3) is 0 Å². The van der Waals surface area contributed by atoms with Gasteiger partial charge in [0.15, 0.2) is 11.5 Å². The highest BCUT2D eigenvalue weighted by atomic mass is 16.5. The van der Waals surface area contributed by atoms with Crippen LogP contribution in [-0.2, 0) is 4.79 Å². The average Bonchev–Trinajstić information content (AvgIpc) is 2.40. The summed E-state index contributed by atoms with van der Waals surface area (Å²) in [6.45, 7) is 5.42. The topological polar surface area (TPSA) is 73.6 Å². The Hall–Kier alpha value is -1.75. The molecule has 0 aliphatic rings. The summed E-state index contributed by atoms with van der Waals surface area (Å²) in [4.78, 5) is 11.3. The summed E-state index contributed by atoms with van der Waals surface area (Å²) in [6.07, 6.45) is 0.930. The molecule has 19 heavy (non-hydrogen) atoms. The maximum absolute atomic E-state index is 11.3. The number of primary amides is 1. The lowest BCUT2D eigenvalue weighted by atomic mass is 10.2. The van der Waals surface area contributed by atoms with Gasteiger partial charge in [0.2, 0.25) is 5.91 Å². The number of hydrogen-bond donors (Lipinski definition) is 2. The SMILES string of the molecule is CCCNC(COc1ccccc1OCC)C(N)=O. The Morgan fingerprint density at radius 3 is 2.42 bits per heavy atom. The van der Waals surface area contributed by atoms with Crippen molar-refractivity contribution in [1.29, 1.82) is 0 Å². The molecule has 1 unspecified atom stereocenters. The summed E-state index contributed by atoms with van der Waals surface area (Å²) in [5.74, 6) is 0.875. The first-order chi connectivity index (χ1) is 9.19. The predicted molar refractivity (Wildman–Crippen MR) is 74.4 cm³/mol. The zero-order chi connectivity index (χ0) is 14.1. The van der Waals surface area contributed by atoms with Gasteiger partial charge in [-0.05, 0) is 32.0 Å². The number of carbonyl (C=O) groups is 1. The average molecular weight is 266 g/mol. The Bertz CT molecular complexity index is 396. The zero-order valence-electron chi connectivity index (χ0n) is 11.5. The van der Waals surface area contributed by atoms with Gasteiger partial charge in [0.1, 0.15) is 12.6 Å². The molecule has 1 amide bonds. The van der Waals surface area contributed by atoms with Gasteiger partial charge in [-0.15, -0.1) is 0 Å². The quantitative estimate of drug-likeness (QED) is 0.707. The van der Waals surface area contributed by atoms with E-state index in [1.54, 1.807) is 0 Å². The van der Waals surface area contributed by atoms with Gasteiger partial charge in [-0.2, -0.15) is 0 Å². The minimum atomic E-state index is -0.491. The van der Waals surface area contributed by atoms with Gasteiger partial charge in [0.25, 0.3) is 0 Å². The lowest BCUT2D eigenvalue weighted by Gasteiger charge is -2.17. The van der Waals surface area contributed by atoms with Crippen LogP contribution in [0.2, 0.25) is 0 Å². The number of nitrogens with two attached hydrogens (primary N) is 1. The monoisotopic (exact) mass is 266 g/mol. The molecule has 0 saturated carbocycles. The number of nitrogens with one attached hydrogen (secondary N) is 1. The van der Waals surface area contributed by atoms with Gasteiger partial charge in [-0.3, -0.25) is 4.79 Å². The Morgan fingerprint density at radius 1 is 1.26 bits per heavy atom. The van der Waals surface area contributed by atoms with Crippen molar-refractivity contribution < 1.29 is 14.3 Å². The molecule has 1 aromatic carbocycles. The highest BCUT2D eigenvalue weighted by molar-refractivity contribution is 5.80. The molecule has 106 valence electrons. The fourth-order valence-corrected chi connectivity index (χ4v) is 1.58. The maximum atomic E-state index is 11.3. The van der Waals surface area contributed by atoms with Crippen molar-refractivity contribution in [3.8, 4) is 11.5 Å². The minimum Gasteiger partial charge on any atom is -0.490 e. The number of rotatable bonds is 9. The Labute approximate surface area is 114 Å². The molecule has 1 rings (SSSR count). The van der Waals surface area contributed by atoms with Crippen molar-refractivity contribution in [1.82, 2.24) is 5.32 Å². The summed E-state index contributed by atoms with van der Waals surface area (Å²) in [7, 11) is 0. The first-order valence-corrected chi connectivity index (χ1v) is 6.56. The van der Waals surface area contributed by atoms with Crippen LogP contribution in [0, 0.1) is 0 Å². The fraction of sp³-hybridized carbons (Fsp3) is 0.500. The molecule has 0 saturated heterocycles. The summed E-state index contributed by atoms with van der Waals surface area (Å²) >= 11 is 0. The van der Waals surface area contributed by atoms with E-state index in [9.17, 15) is 4.79 Å². The van der Waals surface area contributed by atoms with Crippen LogP contribution in [0.1, 0.15) is 20.3 Å². The lowest BCUT2D eigenvalue weighted by Crippen LogP contribution is -2.45. The number of hydrogen-bond acceptors (Lipinski definition) is 4. The van der Waals surface area contributed by atoms with Crippen LogP contribution in [0.3, 0.4) is 0 Å². The second-order valence-electron chi connectivity index (χ2n) is 4.10. The van der Waals surface area contributed by atoms with Crippen LogP contribution in [-0.4, -0.2) is 31.7 Å². The van der Waals surface area contributed by atoms with E-state index in [0.29, 0.717) is 18.1 Å².